The lowest BCUT2D eigenvalue weighted by Crippen LogP contribution is -2.58. The average molecular weight is 330 g/mol. The Bertz CT molecular complexity index is 510. The molecule has 0 aromatic heterocycles. The average Bonchev–Trinajstić information content (AvgIpc) is 2.47. The highest BCUT2D eigenvalue weighted by atomic mass is 35.5. The number of hydrogen-bond acceptors (Lipinski definition) is 3. The molecule has 0 radical (unpaired) electrons. The summed E-state index contributed by atoms with van der Waals surface area (Å²) in [4.78, 5) is 14.4. The Morgan fingerprint density at radius 3 is 2.95 bits per heavy atom. The molecule has 0 spiro atoms. The van der Waals surface area contributed by atoms with Crippen LogP contribution in [0.25, 0.3) is 0 Å². The van der Waals surface area contributed by atoms with Crippen LogP contribution in [-0.4, -0.2) is 43.0 Å². The minimum atomic E-state index is -0.180. The van der Waals surface area contributed by atoms with E-state index in [2.05, 4.69) is 22.5 Å². The van der Waals surface area contributed by atoms with E-state index in [1.165, 1.54) is 0 Å². The summed E-state index contributed by atoms with van der Waals surface area (Å²) in [5.41, 5.74) is 0.997. The highest BCUT2D eigenvalue weighted by Gasteiger charge is 2.32. The minimum absolute atomic E-state index is 0.0571. The zero-order valence-corrected chi connectivity index (χ0v) is 13.8. The first-order chi connectivity index (χ1) is 10.0. The van der Waals surface area contributed by atoms with Gasteiger partial charge < -0.3 is 10.6 Å². The molecular formula is C15H21Cl2N3O. The van der Waals surface area contributed by atoms with E-state index in [4.69, 9.17) is 23.2 Å². The predicted molar refractivity (Wildman–Crippen MR) is 86.9 cm³/mol. The van der Waals surface area contributed by atoms with Gasteiger partial charge in [-0.2, -0.15) is 0 Å². The van der Waals surface area contributed by atoms with Crippen molar-refractivity contribution in [2.24, 2.45) is 0 Å². The maximum Gasteiger partial charge on any atom is 0.238 e. The zero-order valence-electron chi connectivity index (χ0n) is 12.3. The molecule has 116 valence electrons. The van der Waals surface area contributed by atoms with Gasteiger partial charge >= 0.3 is 0 Å². The third-order valence-corrected chi connectivity index (χ3v) is 4.41. The van der Waals surface area contributed by atoms with Crippen LogP contribution < -0.4 is 10.6 Å². The molecule has 0 saturated carbocycles. The van der Waals surface area contributed by atoms with Gasteiger partial charge in [0.1, 0.15) is 6.04 Å². The first kappa shape index (κ1) is 16.6. The van der Waals surface area contributed by atoms with Gasteiger partial charge in [-0.05, 0) is 31.5 Å². The van der Waals surface area contributed by atoms with Crippen LogP contribution in [-0.2, 0) is 4.79 Å². The lowest BCUT2D eigenvalue weighted by molar-refractivity contribution is -0.128. The van der Waals surface area contributed by atoms with E-state index in [-0.39, 0.29) is 18.0 Å². The van der Waals surface area contributed by atoms with Crippen LogP contribution in [0.15, 0.2) is 18.2 Å². The Balaban J connectivity index is 2.21. The summed E-state index contributed by atoms with van der Waals surface area (Å²) in [5.74, 6) is 0.0571. The number of nitrogens with zero attached hydrogens (tertiary/aromatic N) is 1. The third-order valence-electron chi connectivity index (χ3n) is 3.85. The van der Waals surface area contributed by atoms with E-state index in [0.717, 1.165) is 18.7 Å². The second-order valence-electron chi connectivity index (χ2n) is 5.19. The zero-order chi connectivity index (χ0) is 15.4. The second kappa shape index (κ2) is 7.45. The topological polar surface area (TPSA) is 44.4 Å². The van der Waals surface area contributed by atoms with Gasteiger partial charge in [0, 0.05) is 42.3 Å². The van der Waals surface area contributed by atoms with Gasteiger partial charge in [-0.25, -0.2) is 0 Å². The molecule has 1 heterocycles. The third kappa shape index (κ3) is 3.89. The number of likely N-dealkylation sites (N-methyl/N-ethyl adjacent to an activating group) is 1. The molecule has 1 aromatic carbocycles. The van der Waals surface area contributed by atoms with Crippen LogP contribution in [0.1, 0.15) is 25.5 Å². The fourth-order valence-corrected chi connectivity index (χ4v) is 3.30. The predicted octanol–water partition coefficient (Wildman–Crippen LogP) is 2.46. The first-order valence-corrected chi connectivity index (χ1v) is 7.99. The van der Waals surface area contributed by atoms with Gasteiger partial charge in [-0.1, -0.05) is 29.3 Å². The van der Waals surface area contributed by atoms with E-state index in [9.17, 15) is 4.79 Å². The molecule has 6 heteroatoms. The Labute approximate surface area is 135 Å². The van der Waals surface area contributed by atoms with Crippen molar-refractivity contribution in [2.45, 2.75) is 25.9 Å². The molecule has 2 unspecified atom stereocenters. The van der Waals surface area contributed by atoms with Gasteiger partial charge in [-0.3, -0.25) is 9.69 Å². The molecule has 1 aliphatic heterocycles. The van der Waals surface area contributed by atoms with Crippen molar-refractivity contribution in [3.8, 4) is 0 Å². The molecule has 2 rings (SSSR count). The quantitative estimate of drug-likeness (QED) is 0.891. The summed E-state index contributed by atoms with van der Waals surface area (Å²) >= 11 is 12.3. The SMILES string of the molecule is CCNC(=O)C1CNCCN1C(C)c1ccc(Cl)cc1Cl. The van der Waals surface area contributed by atoms with Gasteiger partial charge in [0.2, 0.25) is 5.91 Å². The van der Waals surface area contributed by atoms with E-state index in [1.54, 1.807) is 6.07 Å². The van der Waals surface area contributed by atoms with Crippen molar-refractivity contribution in [3.05, 3.63) is 33.8 Å². The number of nitrogens with one attached hydrogen (secondary N) is 2. The highest BCUT2D eigenvalue weighted by Crippen LogP contribution is 2.31. The highest BCUT2D eigenvalue weighted by molar-refractivity contribution is 6.35. The van der Waals surface area contributed by atoms with E-state index in [1.807, 2.05) is 19.1 Å². The van der Waals surface area contributed by atoms with E-state index < -0.39 is 0 Å². The van der Waals surface area contributed by atoms with E-state index in [0.29, 0.717) is 23.1 Å². The molecule has 1 saturated heterocycles. The van der Waals surface area contributed by atoms with Crippen molar-refractivity contribution < 1.29 is 4.79 Å². The Hall–Kier alpha value is -0.810. The van der Waals surface area contributed by atoms with Crippen LogP contribution in [0.3, 0.4) is 0 Å². The van der Waals surface area contributed by atoms with Crippen LogP contribution in [0.2, 0.25) is 10.0 Å². The Kier molecular flexibility index (Phi) is 5.88. The second-order valence-corrected chi connectivity index (χ2v) is 6.04. The summed E-state index contributed by atoms with van der Waals surface area (Å²) in [6.07, 6.45) is 0. The summed E-state index contributed by atoms with van der Waals surface area (Å²) in [6, 6.07) is 5.40. The van der Waals surface area contributed by atoms with Gasteiger partial charge in [-0.15, -0.1) is 0 Å². The number of amides is 1. The van der Waals surface area contributed by atoms with Crippen molar-refractivity contribution >= 4 is 29.1 Å². The van der Waals surface area contributed by atoms with Crippen molar-refractivity contribution in [3.63, 3.8) is 0 Å². The van der Waals surface area contributed by atoms with Crippen molar-refractivity contribution in [1.82, 2.24) is 15.5 Å². The normalized spacial score (nSPS) is 21.0. The molecular weight excluding hydrogens is 309 g/mol. The minimum Gasteiger partial charge on any atom is -0.355 e. The lowest BCUT2D eigenvalue weighted by atomic mass is 10.0. The summed E-state index contributed by atoms with van der Waals surface area (Å²) in [5, 5.41) is 7.44. The summed E-state index contributed by atoms with van der Waals surface area (Å²) in [6.45, 7) is 6.97. The molecule has 2 atom stereocenters. The molecule has 0 aliphatic carbocycles. The maximum atomic E-state index is 12.2. The van der Waals surface area contributed by atoms with Crippen LogP contribution >= 0.6 is 23.2 Å². The van der Waals surface area contributed by atoms with Gasteiger partial charge in [0.05, 0.1) is 0 Å². The Morgan fingerprint density at radius 1 is 1.52 bits per heavy atom. The number of halogens is 2. The monoisotopic (exact) mass is 329 g/mol. The standard InChI is InChI=1S/C15H21Cl2N3O/c1-3-19-15(21)14-9-18-6-7-20(14)10(2)12-5-4-11(16)8-13(12)17/h4-5,8,10,14,18H,3,6-7,9H2,1-2H3,(H,19,21). The molecule has 0 bridgehead atoms. The van der Waals surface area contributed by atoms with E-state index >= 15 is 0 Å². The Morgan fingerprint density at radius 2 is 2.29 bits per heavy atom. The fourth-order valence-electron chi connectivity index (χ4n) is 2.74. The smallest absolute Gasteiger partial charge is 0.238 e. The maximum absolute atomic E-state index is 12.2. The fraction of sp³-hybridized carbons (Fsp3) is 0.533. The number of piperazine rings is 1. The lowest BCUT2D eigenvalue weighted by Gasteiger charge is -2.39. The van der Waals surface area contributed by atoms with Crippen LogP contribution in [0.5, 0.6) is 0 Å². The molecule has 21 heavy (non-hydrogen) atoms. The number of benzene rings is 1. The summed E-state index contributed by atoms with van der Waals surface area (Å²) in [7, 11) is 0. The largest absolute Gasteiger partial charge is 0.355 e. The van der Waals surface area contributed by atoms with Gasteiger partial charge in [0.25, 0.3) is 0 Å². The molecule has 1 aromatic rings. The summed E-state index contributed by atoms with van der Waals surface area (Å²) < 4.78 is 0. The molecule has 1 amide bonds. The number of hydrogen-bond donors (Lipinski definition) is 2. The molecule has 2 N–H and O–H groups in total. The number of carbonyl (C=O) groups excluding carboxylic acids is 1. The van der Waals surface area contributed by atoms with Crippen molar-refractivity contribution in [2.75, 3.05) is 26.2 Å². The van der Waals surface area contributed by atoms with Crippen LogP contribution in [0.4, 0.5) is 0 Å². The molecule has 1 aliphatic rings. The van der Waals surface area contributed by atoms with Gasteiger partial charge in [0.15, 0.2) is 0 Å². The van der Waals surface area contributed by atoms with Crippen molar-refractivity contribution in [1.29, 1.82) is 0 Å². The number of carbonyl (C=O) groups is 1. The first-order valence-electron chi connectivity index (χ1n) is 7.23. The van der Waals surface area contributed by atoms with Crippen LogP contribution in [0, 0.1) is 0 Å². The molecule has 1 fully saturated rings. The number of rotatable bonds is 4. The molecule has 4 nitrogen and oxygen atoms in total.